The van der Waals surface area contributed by atoms with Crippen LogP contribution in [0, 0.1) is 0 Å². The lowest BCUT2D eigenvalue weighted by Gasteiger charge is -2.10. The predicted molar refractivity (Wildman–Crippen MR) is 51.7 cm³/mol. The fourth-order valence-corrected chi connectivity index (χ4v) is 1.72. The average molecular weight is 225 g/mol. The lowest BCUT2D eigenvalue weighted by Crippen LogP contribution is -2.21. The van der Waals surface area contributed by atoms with Crippen LogP contribution in [-0.4, -0.2) is 32.0 Å². The van der Waals surface area contributed by atoms with Crippen molar-refractivity contribution in [2.75, 3.05) is 19.8 Å². The van der Waals surface area contributed by atoms with Gasteiger partial charge in [-0.3, -0.25) is 0 Å². The molecule has 1 heterocycles. The molecule has 1 unspecified atom stereocenters. The van der Waals surface area contributed by atoms with Gasteiger partial charge in [0.2, 0.25) is 0 Å². The summed E-state index contributed by atoms with van der Waals surface area (Å²) in [6.07, 6.45) is -0.689. The summed E-state index contributed by atoms with van der Waals surface area (Å²) in [4.78, 5) is 0. The van der Waals surface area contributed by atoms with Crippen molar-refractivity contribution in [2.24, 2.45) is 0 Å². The van der Waals surface area contributed by atoms with E-state index in [2.05, 4.69) is 5.32 Å². The van der Waals surface area contributed by atoms with E-state index in [0.29, 0.717) is 12.6 Å². The minimum atomic E-state index is -4.09. The summed E-state index contributed by atoms with van der Waals surface area (Å²) < 4.78 is 40.1. The number of nitrogens with one attached hydrogen (secondary N) is 1. The Hall–Kier alpha value is -0.290. The first kappa shape index (κ1) is 12.8. The number of alkyl halides is 3. The molecule has 1 aliphatic heterocycles. The van der Waals surface area contributed by atoms with E-state index in [1.54, 1.807) is 0 Å². The third kappa shape index (κ3) is 6.73. The summed E-state index contributed by atoms with van der Waals surface area (Å²) in [5.41, 5.74) is 0. The highest BCUT2D eigenvalue weighted by atomic mass is 19.4. The molecule has 0 spiro atoms. The van der Waals surface area contributed by atoms with Crippen LogP contribution in [0.25, 0.3) is 0 Å². The van der Waals surface area contributed by atoms with Crippen molar-refractivity contribution in [3.05, 3.63) is 0 Å². The van der Waals surface area contributed by atoms with Gasteiger partial charge < -0.3 is 10.1 Å². The number of rotatable bonds is 6. The minimum absolute atomic E-state index is 0.207. The summed E-state index contributed by atoms with van der Waals surface area (Å²) in [6, 6.07) is 0.552. The molecular formula is C10H18F3NO. The van der Waals surface area contributed by atoms with Crippen molar-refractivity contribution in [3.63, 3.8) is 0 Å². The zero-order valence-corrected chi connectivity index (χ0v) is 8.78. The molecule has 0 bridgehead atoms. The van der Waals surface area contributed by atoms with Crippen molar-refractivity contribution >= 4 is 0 Å². The van der Waals surface area contributed by atoms with Crippen LogP contribution in [0.3, 0.4) is 0 Å². The Morgan fingerprint density at radius 1 is 1.27 bits per heavy atom. The van der Waals surface area contributed by atoms with Crippen LogP contribution in [0.15, 0.2) is 0 Å². The summed E-state index contributed by atoms with van der Waals surface area (Å²) in [7, 11) is 0. The van der Waals surface area contributed by atoms with Gasteiger partial charge in [0, 0.05) is 12.6 Å². The van der Waals surface area contributed by atoms with Crippen molar-refractivity contribution in [1.82, 2.24) is 5.32 Å². The normalized spacial score (nSPS) is 22.2. The highest BCUT2D eigenvalue weighted by molar-refractivity contribution is 4.73. The monoisotopic (exact) mass is 225 g/mol. The molecule has 15 heavy (non-hydrogen) atoms. The van der Waals surface area contributed by atoms with Gasteiger partial charge in [0.1, 0.15) is 0 Å². The standard InChI is InChI=1S/C10H18F3NO/c11-10(12,13)5-8-15-7-2-4-9-3-1-6-14-9/h9,14H,1-8H2. The van der Waals surface area contributed by atoms with E-state index in [0.717, 1.165) is 19.4 Å². The molecule has 0 aromatic carbocycles. The van der Waals surface area contributed by atoms with Gasteiger partial charge in [-0.1, -0.05) is 0 Å². The number of ether oxygens (including phenoxy) is 1. The lowest BCUT2D eigenvalue weighted by molar-refractivity contribution is -0.145. The number of hydrogen-bond acceptors (Lipinski definition) is 2. The summed E-state index contributed by atoms with van der Waals surface area (Å²) in [5.74, 6) is 0. The second kappa shape index (κ2) is 6.33. The first-order valence-electron chi connectivity index (χ1n) is 5.46. The molecule has 0 saturated carbocycles. The van der Waals surface area contributed by atoms with Gasteiger partial charge in [0.05, 0.1) is 13.0 Å². The molecule has 0 radical (unpaired) electrons. The van der Waals surface area contributed by atoms with Crippen LogP contribution in [0.1, 0.15) is 32.1 Å². The summed E-state index contributed by atoms with van der Waals surface area (Å²) in [6.45, 7) is 1.30. The largest absolute Gasteiger partial charge is 0.391 e. The Morgan fingerprint density at radius 3 is 2.67 bits per heavy atom. The third-order valence-electron chi connectivity index (χ3n) is 2.53. The minimum Gasteiger partial charge on any atom is -0.381 e. The average Bonchev–Trinajstić information content (AvgIpc) is 2.61. The van der Waals surface area contributed by atoms with Crippen molar-refractivity contribution in [3.8, 4) is 0 Å². The van der Waals surface area contributed by atoms with E-state index in [4.69, 9.17) is 4.74 Å². The molecule has 0 amide bonds. The fourth-order valence-electron chi connectivity index (χ4n) is 1.72. The molecular weight excluding hydrogens is 207 g/mol. The number of halogens is 3. The Morgan fingerprint density at radius 2 is 2.07 bits per heavy atom. The molecule has 1 rings (SSSR count). The molecule has 1 atom stereocenters. The highest BCUT2D eigenvalue weighted by Crippen LogP contribution is 2.19. The first-order valence-corrected chi connectivity index (χ1v) is 5.46. The van der Waals surface area contributed by atoms with E-state index in [-0.39, 0.29) is 6.61 Å². The molecule has 1 saturated heterocycles. The van der Waals surface area contributed by atoms with Crippen LogP contribution in [-0.2, 0) is 4.74 Å². The quantitative estimate of drug-likeness (QED) is 0.701. The Kier molecular flexibility index (Phi) is 5.39. The van der Waals surface area contributed by atoms with E-state index >= 15 is 0 Å². The Bertz CT molecular complexity index is 167. The van der Waals surface area contributed by atoms with Gasteiger partial charge in [-0.2, -0.15) is 13.2 Å². The fraction of sp³-hybridized carbons (Fsp3) is 1.00. The molecule has 90 valence electrons. The molecule has 1 fully saturated rings. The van der Waals surface area contributed by atoms with Gasteiger partial charge in [0.25, 0.3) is 0 Å². The maximum Gasteiger partial charge on any atom is 0.391 e. The van der Waals surface area contributed by atoms with E-state index in [1.165, 1.54) is 12.8 Å². The van der Waals surface area contributed by atoms with Crippen LogP contribution in [0.4, 0.5) is 13.2 Å². The van der Waals surface area contributed by atoms with Gasteiger partial charge in [-0.05, 0) is 32.2 Å². The first-order chi connectivity index (χ1) is 7.08. The van der Waals surface area contributed by atoms with Crippen molar-refractivity contribution in [1.29, 1.82) is 0 Å². The van der Waals surface area contributed by atoms with Crippen LogP contribution < -0.4 is 5.32 Å². The zero-order valence-electron chi connectivity index (χ0n) is 8.78. The topological polar surface area (TPSA) is 21.3 Å². The van der Waals surface area contributed by atoms with Gasteiger partial charge in [0.15, 0.2) is 0 Å². The number of hydrogen-bond donors (Lipinski definition) is 1. The second-order valence-corrected chi connectivity index (χ2v) is 3.91. The van der Waals surface area contributed by atoms with Crippen LogP contribution >= 0.6 is 0 Å². The second-order valence-electron chi connectivity index (χ2n) is 3.91. The highest BCUT2D eigenvalue weighted by Gasteiger charge is 2.26. The zero-order chi connectivity index (χ0) is 11.1. The van der Waals surface area contributed by atoms with E-state index < -0.39 is 12.6 Å². The molecule has 5 heteroatoms. The molecule has 0 aliphatic carbocycles. The molecule has 1 N–H and O–H groups in total. The van der Waals surface area contributed by atoms with Crippen molar-refractivity contribution in [2.45, 2.75) is 44.3 Å². The third-order valence-corrected chi connectivity index (χ3v) is 2.53. The van der Waals surface area contributed by atoms with E-state index in [9.17, 15) is 13.2 Å². The van der Waals surface area contributed by atoms with Crippen molar-refractivity contribution < 1.29 is 17.9 Å². The molecule has 0 aromatic heterocycles. The Balaban J connectivity index is 1.84. The molecule has 2 nitrogen and oxygen atoms in total. The van der Waals surface area contributed by atoms with Crippen LogP contribution in [0.5, 0.6) is 0 Å². The Labute approximate surface area is 88.2 Å². The maximum atomic E-state index is 11.7. The predicted octanol–water partition coefficient (Wildman–Crippen LogP) is 2.49. The van der Waals surface area contributed by atoms with Gasteiger partial charge in [-0.25, -0.2) is 0 Å². The summed E-state index contributed by atoms with van der Waals surface area (Å²) in [5, 5.41) is 3.34. The maximum absolute atomic E-state index is 11.7. The van der Waals surface area contributed by atoms with Gasteiger partial charge in [-0.15, -0.1) is 0 Å². The smallest absolute Gasteiger partial charge is 0.381 e. The summed E-state index contributed by atoms with van der Waals surface area (Å²) >= 11 is 0. The van der Waals surface area contributed by atoms with E-state index in [1.807, 2.05) is 0 Å². The molecule has 1 aliphatic rings. The molecule has 0 aromatic rings. The lowest BCUT2D eigenvalue weighted by atomic mass is 10.1. The SMILES string of the molecule is FC(F)(F)CCOCCCC1CCCN1. The van der Waals surface area contributed by atoms with Crippen LogP contribution in [0.2, 0.25) is 0 Å². The van der Waals surface area contributed by atoms with Gasteiger partial charge >= 0.3 is 6.18 Å².